The zero-order chi connectivity index (χ0) is 25.2. The fourth-order valence-corrected chi connectivity index (χ4v) is 4.16. The molecule has 35 heavy (non-hydrogen) atoms. The number of nitrogens with one attached hydrogen (secondary N) is 1. The van der Waals surface area contributed by atoms with Gasteiger partial charge in [0.1, 0.15) is 11.6 Å². The highest BCUT2D eigenvalue weighted by molar-refractivity contribution is 6.05. The van der Waals surface area contributed by atoms with Gasteiger partial charge in [-0.3, -0.25) is 9.69 Å². The first-order valence-electron chi connectivity index (χ1n) is 11.7. The summed E-state index contributed by atoms with van der Waals surface area (Å²) >= 11 is 0. The predicted molar refractivity (Wildman–Crippen MR) is 137 cm³/mol. The monoisotopic (exact) mass is 476 g/mol. The van der Waals surface area contributed by atoms with Crippen LogP contribution in [-0.4, -0.2) is 60.2 Å². The molecule has 0 bridgehead atoms. The average molecular weight is 477 g/mol. The normalized spacial score (nSPS) is 14.7. The lowest BCUT2D eigenvalue weighted by molar-refractivity contribution is -0.123. The minimum Gasteiger partial charge on any atom is -0.496 e. The number of para-hydroxylation sites is 1. The fraction of sp³-hybridized carbons (Fsp3) is 0.370. The van der Waals surface area contributed by atoms with Gasteiger partial charge in [-0.15, -0.1) is 0 Å². The number of carbonyl (C=O) groups excluding carboxylic acids is 1. The van der Waals surface area contributed by atoms with Crippen LogP contribution in [0.15, 0.2) is 48.5 Å². The number of hydrogen-bond acceptors (Lipinski definition) is 6. The zero-order valence-electron chi connectivity index (χ0n) is 20.7. The van der Waals surface area contributed by atoms with E-state index in [-0.39, 0.29) is 11.5 Å². The van der Waals surface area contributed by atoms with Gasteiger partial charge >= 0.3 is 5.97 Å². The Bertz CT molecular complexity index is 1240. The summed E-state index contributed by atoms with van der Waals surface area (Å²) in [6.45, 7) is 9.43. The number of benzene rings is 2. The first-order valence-corrected chi connectivity index (χ1v) is 11.7. The van der Waals surface area contributed by atoms with E-state index in [1.54, 1.807) is 31.4 Å². The van der Waals surface area contributed by atoms with Crippen LogP contribution in [-0.2, 0) is 11.3 Å². The van der Waals surface area contributed by atoms with Gasteiger partial charge in [-0.1, -0.05) is 39.0 Å². The van der Waals surface area contributed by atoms with Gasteiger partial charge in [0.25, 0.3) is 0 Å². The minimum atomic E-state index is -1.02. The van der Waals surface area contributed by atoms with E-state index < -0.39 is 11.4 Å². The summed E-state index contributed by atoms with van der Waals surface area (Å²) in [6, 6.07) is 14.9. The van der Waals surface area contributed by atoms with Crippen molar-refractivity contribution in [2.45, 2.75) is 27.3 Å². The van der Waals surface area contributed by atoms with Crippen molar-refractivity contribution in [2.24, 2.45) is 5.41 Å². The Morgan fingerprint density at radius 3 is 2.43 bits per heavy atom. The van der Waals surface area contributed by atoms with E-state index in [1.165, 1.54) is 0 Å². The van der Waals surface area contributed by atoms with Gasteiger partial charge in [0.15, 0.2) is 0 Å². The minimum absolute atomic E-state index is 0.135. The largest absolute Gasteiger partial charge is 0.496 e. The molecular formula is C27H32N4O4. The van der Waals surface area contributed by atoms with Crippen LogP contribution in [0.25, 0.3) is 10.9 Å². The molecule has 8 heteroatoms. The molecule has 1 aliphatic rings. The van der Waals surface area contributed by atoms with Gasteiger partial charge in [0.2, 0.25) is 5.91 Å². The summed E-state index contributed by atoms with van der Waals surface area (Å²) < 4.78 is 5.47. The van der Waals surface area contributed by atoms with Crippen LogP contribution in [0.4, 0.5) is 11.5 Å². The number of carbonyl (C=O) groups is 2. The highest BCUT2D eigenvalue weighted by Crippen LogP contribution is 2.28. The maximum atomic E-state index is 12.4. The van der Waals surface area contributed by atoms with Crippen LogP contribution in [0.2, 0.25) is 0 Å². The quantitative estimate of drug-likeness (QED) is 0.549. The van der Waals surface area contributed by atoms with Crippen LogP contribution in [0.1, 0.15) is 36.7 Å². The first kappa shape index (κ1) is 24.5. The number of fused-ring (bicyclic) bond motifs is 1. The Labute approximate surface area is 205 Å². The van der Waals surface area contributed by atoms with E-state index in [1.807, 2.05) is 39.0 Å². The number of rotatable bonds is 6. The van der Waals surface area contributed by atoms with E-state index >= 15 is 0 Å². The fourth-order valence-electron chi connectivity index (χ4n) is 4.16. The number of methoxy groups -OCH3 is 1. The summed E-state index contributed by atoms with van der Waals surface area (Å²) in [5, 5.41) is 13.3. The molecule has 1 fully saturated rings. The molecule has 1 amide bonds. The molecule has 2 N–H and O–H groups in total. The van der Waals surface area contributed by atoms with Crippen LogP contribution in [0, 0.1) is 5.41 Å². The molecular weight excluding hydrogens is 444 g/mol. The second-order valence-corrected chi connectivity index (χ2v) is 9.84. The maximum Gasteiger partial charge on any atom is 0.336 e. The summed E-state index contributed by atoms with van der Waals surface area (Å²) in [5.74, 6) is 0.380. The molecule has 0 aliphatic carbocycles. The number of carboxylic acids is 1. The smallest absolute Gasteiger partial charge is 0.336 e. The van der Waals surface area contributed by atoms with Gasteiger partial charge < -0.3 is 20.1 Å². The zero-order valence-corrected chi connectivity index (χ0v) is 20.7. The summed E-state index contributed by atoms with van der Waals surface area (Å²) in [7, 11) is 1.68. The van der Waals surface area contributed by atoms with E-state index in [0.29, 0.717) is 22.4 Å². The lowest BCUT2D eigenvalue weighted by Gasteiger charge is -2.35. The molecule has 1 aromatic heterocycles. The number of amides is 1. The standard InChI is InChI=1S/C27H32N4O4/c1-27(2,3)26(34)28-19-9-10-22-20(15-19)21(25(32)33)16-24(29-22)31-13-11-30(12-14-31)17-18-7-5-6-8-23(18)35-4/h5-10,15-16H,11-14,17H2,1-4H3,(H,28,34)(H,32,33). The van der Waals surface area contributed by atoms with Crippen LogP contribution < -0.4 is 15.0 Å². The molecule has 0 radical (unpaired) electrons. The van der Waals surface area contributed by atoms with Gasteiger partial charge in [0.05, 0.1) is 18.2 Å². The SMILES string of the molecule is COc1ccccc1CN1CCN(c2cc(C(=O)O)c3cc(NC(=O)C(C)(C)C)ccc3n2)CC1. The van der Waals surface area contributed by atoms with Gasteiger partial charge in [-0.2, -0.15) is 0 Å². The van der Waals surface area contributed by atoms with Crippen molar-refractivity contribution in [1.29, 1.82) is 0 Å². The highest BCUT2D eigenvalue weighted by atomic mass is 16.5. The van der Waals surface area contributed by atoms with Crippen LogP contribution >= 0.6 is 0 Å². The molecule has 8 nitrogen and oxygen atoms in total. The van der Waals surface area contributed by atoms with E-state index in [2.05, 4.69) is 21.2 Å². The third-order valence-electron chi connectivity index (χ3n) is 6.25. The summed E-state index contributed by atoms with van der Waals surface area (Å²) in [4.78, 5) is 33.7. The number of anilines is 2. The Balaban J connectivity index is 1.52. The lowest BCUT2D eigenvalue weighted by atomic mass is 9.95. The van der Waals surface area contributed by atoms with E-state index in [4.69, 9.17) is 9.72 Å². The number of carboxylic acid groups (broad SMARTS) is 1. The molecule has 2 aromatic carbocycles. The Morgan fingerprint density at radius 2 is 1.77 bits per heavy atom. The number of nitrogens with zero attached hydrogens (tertiary/aromatic N) is 3. The summed E-state index contributed by atoms with van der Waals surface area (Å²) in [5.41, 5.74) is 1.91. The van der Waals surface area contributed by atoms with Gasteiger partial charge in [-0.05, 0) is 30.3 Å². The van der Waals surface area contributed by atoms with Gasteiger partial charge in [-0.25, -0.2) is 9.78 Å². The van der Waals surface area contributed by atoms with Crippen molar-refractivity contribution in [2.75, 3.05) is 43.5 Å². The Kier molecular flexibility index (Phi) is 6.93. The van der Waals surface area contributed by atoms with Crippen molar-refractivity contribution >= 4 is 34.3 Å². The molecule has 1 saturated heterocycles. The molecule has 0 saturated carbocycles. The maximum absolute atomic E-state index is 12.4. The molecule has 1 aliphatic heterocycles. The molecule has 0 atom stereocenters. The number of ether oxygens (including phenoxy) is 1. The Hall–Kier alpha value is -3.65. The van der Waals surface area contributed by atoms with Crippen molar-refractivity contribution in [1.82, 2.24) is 9.88 Å². The third-order valence-corrected chi connectivity index (χ3v) is 6.25. The predicted octanol–water partition coefficient (Wildman–Crippen LogP) is 4.25. The van der Waals surface area contributed by atoms with Crippen molar-refractivity contribution in [3.63, 3.8) is 0 Å². The number of aromatic carboxylic acids is 1. The molecule has 4 rings (SSSR count). The highest BCUT2D eigenvalue weighted by Gasteiger charge is 2.23. The lowest BCUT2D eigenvalue weighted by Crippen LogP contribution is -2.46. The second-order valence-electron chi connectivity index (χ2n) is 9.84. The number of hydrogen-bond donors (Lipinski definition) is 2. The van der Waals surface area contributed by atoms with Crippen LogP contribution in [0.5, 0.6) is 5.75 Å². The van der Waals surface area contributed by atoms with E-state index in [9.17, 15) is 14.7 Å². The second kappa shape index (κ2) is 9.92. The number of piperazine rings is 1. The van der Waals surface area contributed by atoms with Crippen LogP contribution in [0.3, 0.4) is 0 Å². The van der Waals surface area contributed by atoms with Crippen molar-refractivity contribution < 1.29 is 19.4 Å². The molecule has 0 spiro atoms. The first-order chi connectivity index (χ1) is 16.7. The van der Waals surface area contributed by atoms with Crippen molar-refractivity contribution in [3.05, 3.63) is 59.7 Å². The Morgan fingerprint density at radius 1 is 1.06 bits per heavy atom. The molecule has 3 aromatic rings. The van der Waals surface area contributed by atoms with Gasteiger partial charge in [0, 0.05) is 54.8 Å². The molecule has 0 unspecified atom stereocenters. The van der Waals surface area contributed by atoms with Crippen molar-refractivity contribution in [3.8, 4) is 5.75 Å². The molecule has 184 valence electrons. The topological polar surface area (TPSA) is 95.0 Å². The third kappa shape index (κ3) is 5.54. The average Bonchev–Trinajstić information content (AvgIpc) is 2.83. The van der Waals surface area contributed by atoms with E-state index in [0.717, 1.165) is 44.0 Å². The number of aromatic nitrogens is 1. The molecule has 2 heterocycles. The number of pyridine rings is 1. The summed E-state index contributed by atoms with van der Waals surface area (Å²) in [6.07, 6.45) is 0.